The van der Waals surface area contributed by atoms with E-state index in [4.69, 9.17) is 9.47 Å². The molecule has 132 valence electrons. The summed E-state index contributed by atoms with van der Waals surface area (Å²) >= 11 is 0. The number of carbonyl (C=O) groups excluding carboxylic acids is 2. The number of hydrogen-bond donors (Lipinski definition) is 1. The van der Waals surface area contributed by atoms with E-state index in [1.54, 1.807) is 37.3 Å². The second-order valence-corrected chi connectivity index (χ2v) is 5.96. The van der Waals surface area contributed by atoms with Gasteiger partial charge in [-0.15, -0.1) is 0 Å². The van der Waals surface area contributed by atoms with Gasteiger partial charge in [0.25, 0.3) is 5.91 Å². The first kappa shape index (κ1) is 17.6. The zero-order valence-corrected chi connectivity index (χ0v) is 14.6. The van der Waals surface area contributed by atoms with Crippen molar-refractivity contribution in [2.75, 3.05) is 6.54 Å². The highest BCUT2D eigenvalue weighted by Crippen LogP contribution is 2.33. The molecule has 26 heavy (non-hydrogen) atoms. The molecule has 1 aliphatic rings. The topological polar surface area (TPSA) is 64.6 Å². The minimum absolute atomic E-state index is 0.0159. The quantitative estimate of drug-likeness (QED) is 0.683. The molecular weight excluding hydrogens is 330 g/mol. The van der Waals surface area contributed by atoms with E-state index in [0.29, 0.717) is 17.1 Å². The number of nitrogens with one attached hydrogen (secondary N) is 1. The van der Waals surface area contributed by atoms with Gasteiger partial charge in [0, 0.05) is 11.1 Å². The van der Waals surface area contributed by atoms with Crippen LogP contribution in [0.15, 0.2) is 48.5 Å². The Kier molecular flexibility index (Phi) is 5.23. The van der Waals surface area contributed by atoms with Crippen molar-refractivity contribution < 1.29 is 19.1 Å². The second-order valence-electron chi connectivity index (χ2n) is 5.96. The molecule has 1 aliphatic heterocycles. The summed E-state index contributed by atoms with van der Waals surface area (Å²) in [6, 6.07) is 14.3. The van der Waals surface area contributed by atoms with E-state index in [1.165, 1.54) is 6.92 Å². The fourth-order valence-electron chi connectivity index (χ4n) is 2.57. The van der Waals surface area contributed by atoms with Crippen LogP contribution < -0.4 is 14.8 Å². The largest absolute Gasteiger partial charge is 0.482 e. The maximum absolute atomic E-state index is 12.3. The van der Waals surface area contributed by atoms with Gasteiger partial charge in [-0.3, -0.25) is 9.59 Å². The zero-order valence-electron chi connectivity index (χ0n) is 14.6. The molecule has 1 heterocycles. The van der Waals surface area contributed by atoms with Crippen LogP contribution in [0.2, 0.25) is 0 Å². The van der Waals surface area contributed by atoms with Crippen molar-refractivity contribution in [1.29, 1.82) is 0 Å². The maximum atomic E-state index is 12.3. The van der Waals surface area contributed by atoms with E-state index in [0.717, 1.165) is 5.56 Å². The van der Waals surface area contributed by atoms with Crippen LogP contribution in [0.3, 0.4) is 0 Å². The molecule has 2 aromatic rings. The molecule has 0 fully saturated rings. The number of carbonyl (C=O) groups is 2. The van der Waals surface area contributed by atoms with Crippen LogP contribution in [0.5, 0.6) is 11.5 Å². The lowest BCUT2D eigenvalue weighted by atomic mass is 10.1. The third-order valence-corrected chi connectivity index (χ3v) is 3.98. The lowest BCUT2D eigenvalue weighted by Gasteiger charge is -2.30. The lowest BCUT2D eigenvalue weighted by molar-refractivity contribution is -0.133. The van der Waals surface area contributed by atoms with Gasteiger partial charge in [0.1, 0.15) is 6.10 Å². The summed E-state index contributed by atoms with van der Waals surface area (Å²) in [6.07, 6.45) is -1.11. The van der Waals surface area contributed by atoms with Gasteiger partial charge in [0.05, 0.1) is 6.54 Å². The van der Waals surface area contributed by atoms with E-state index >= 15 is 0 Å². The summed E-state index contributed by atoms with van der Waals surface area (Å²) in [5, 5.41) is 2.74. The molecule has 0 aromatic heterocycles. The predicted octanol–water partition coefficient (Wildman–Crippen LogP) is 2.59. The number of Topliss-reactive ketones (excluding diaryl/α,β-unsaturated/α-hetero) is 1. The molecule has 5 heteroatoms. The van der Waals surface area contributed by atoms with Crippen LogP contribution in [-0.4, -0.2) is 30.4 Å². The van der Waals surface area contributed by atoms with E-state index < -0.39 is 12.2 Å². The molecule has 0 spiro atoms. The van der Waals surface area contributed by atoms with Crippen molar-refractivity contribution in [3.63, 3.8) is 0 Å². The van der Waals surface area contributed by atoms with E-state index in [1.807, 2.05) is 18.2 Å². The average Bonchev–Trinajstić information content (AvgIpc) is 2.64. The fourth-order valence-corrected chi connectivity index (χ4v) is 2.57. The predicted molar refractivity (Wildman–Crippen MR) is 97.3 cm³/mol. The van der Waals surface area contributed by atoms with Crippen molar-refractivity contribution in [3.8, 4) is 23.3 Å². The Morgan fingerprint density at radius 1 is 1.04 bits per heavy atom. The highest BCUT2D eigenvalue weighted by molar-refractivity contribution is 5.94. The fraction of sp³-hybridized carbons (Fsp3) is 0.238. The Hall–Kier alpha value is -3.26. The Labute approximate surface area is 152 Å². The number of ketones is 1. The molecule has 0 radical (unpaired) electrons. The molecule has 2 unspecified atom stereocenters. The first-order valence-electron chi connectivity index (χ1n) is 8.34. The van der Waals surface area contributed by atoms with E-state index in [2.05, 4.69) is 17.2 Å². The Bertz CT molecular complexity index is 877. The summed E-state index contributed by atoms with van der Waals surface area (Å²) < 4.78 is 11.5. The van der Waals surface area contributed by atoms with Crippen LogP contribution in [0.4, 0.5) is 0 Å². The minimum Gasteiger partial charge on any atom is -0.482 e. The molecule has 0 saturated heterocycles. The molecular formula is C21H19NO4. The highest BCUT2D eigenvalue weighted by atomic mass is 16.6. The van der Waals surface area contributed by atoms with Crippen molar-refractivity contribution >= 4 is 11.7 Å². The Morgan fingerprint density at radius 3 is 2.35 bits per heavy atom. The number of benzene rings is 2. The molecule has 5 nitrogen and oxygen atoms in total. The number of para-hydroxylation sites is 2. The molecule has 1 N–H and O–H groups in total. The molecule has 1 amide bonds. The number of amides is 1. The third-order valence-electron chi connectivity index (χ3n) is 3.98. The zero-order chi connectivity index (χ0) is 18.5. The maximum Gasteiger partial charge on any atom is 0.265 e. The molecule has 0 bridgehead atoms. The van der Waals surface area contributed by atoms with Gasteiger partial charge in [0.2, 0.25) is 6.10 Å². The lowest BCUT2D eigenvalue weighted by Crippen LogP contribution is -2.49. The minimum atomic E-state index is -0.721. The SMILES string of the molecule is CC(=O)c1ccc(C#CCNC(=O)C2Oc3ccccc3OC2C)cc1. The summed E-state index contributed by atoms with van der Waals surface area (Å²) in [7, 11) is 0. The van der Waals surface area contributed by atoms with Crippen molar-refractivity contribution in [2.24, 2.45) is 0 Å². The van der Waals surface area contributed by atoms with E-state index in [9.17, 15) is 9.59 Å². The van der Waals surface area contributed by atoms with Gasteiger partial charge in [-0.2, -0.15) is 0 Å². The first-order chi connectivity index (χ1) is 12.5. The summed E-state index contributed by atoms with van der Waals surface area (Å²) in [5.74, 6) is 6.78. The van der Waals surface area contributed by atoms with Crippen LogP contribution in [-0.2, 0) is 4.79 Å². The van der Waals surface area contributed by atoms with Gasteiger partial charge in [0.15, 0.2) is 17.3 Å². The van der Waals surface area contributed by atoms with Crippen LogP contribution in [0.25, 0.3) is 0 Å². The van der Waals surface area contributed by atoms with Crippen molar-refractivity contribution in [2.45, 2.75) is 26.1 Å². The molecule has 3 rings (SSSR count). The van der Waals surface area contributed by atoms with Gasteiger partial charge in [-0.1, -0.05) is 36.1 Å². The van der Waals surface area contributed by atoms with Crippen LogP contribution >= 0.6 is 0 Å². The Morgan fingerprint density at radius 2 is 1.69 bits per heavy atom. The number of hydrogen-bond acceptors (Lipinski definition) is 4. The monoisotopic (exact) mass is 349 g/mol. The molecule has 2 atom stereocenters. The second kappa shape index (κ2) is 7.75. The summed E-state index contributed by atoms with van der Waals surface area (Å²) in [6.45, 7) is 3.51. The normalized spacial score (nSPS) is 17.6. The van der Waals surface area contributed by atoms with Gasteiger partial charge < -0.3 is 14.8 Å². The third kappa shape index (κ3) is 4.04. The van der Waals surface area contributed by atoms with Crippen molar-refractivity contribution in [3.05, 3.63) is 59.7 Å². The summed E-state index contributed by atoms with van der Waals surface area (Å²) in [5.41, 5.74) is 1.43. The van der Waals surface area contributed by atoms with Crippen LogP contribution in [0, 0.1) is 11.8 Å². The van der Waals surface area contributed by atoms with Crippen LogP contribution in [0.1, 0.15) is 29.8 Å². The molecule has 0 saturated carbocycles. The standard InChI is InChI=1S/C21H19NO4/c1-14(23)17-11-9-16(10-12-17)6-5-13-22-21(24)20-15(2)25-18-7-3-4-8-19(18)26-20/h3-4,7-12,15,20H,13H2,1-2H3,(H,22,24). The first-order valence-corrected chi connectivity index (χ1v) is 8.34. The van der Waals surface area contributed by atoms with Gasteiger partial charge in [-0.25, -0.2) is 0 Å². The number of ether oxygens (including phenoxy) is 2. The smallest absolute Gasteiger partial charge is 0.265 e. The van der Waals surface area contributed by atoms with Gasteiger partial charge in [-0.05, 0) is 38.1 Å². The van der Waals surface area contributed by atoms with Crippen molar-refractivity contribution in [1.82, 2.24) is 5.32 Å². The van der Waals surface area contributed by atoms with E-state index in [-0.39, 0.29) is 18.2 Å². The highest BCUT2D eigenvalue weighted by Gasteiger charge is 2.33. The molecule has 0 aliphatic carbocycles. The number of fused-ring (bicyclic) bond motifs is 1. The number of rotatable bonds is 3. The summed E-state index contributed by atoms with van der Waals surface area (Å²) in [4.78, 5) is 23.6. The Balaban J connectivity index is 1.56. The average molecular weight is 349 g/mol. The molecule has 2 aromatic carbocycles. The van der Waals surface area contributed by atoms with Gasteiger partial charge >= 0.3 is 0 Å².